The van der Waals surface area contributed by atoms with Crippen LogP contribution in [0.25, 0.3) is 0 Å². The smallest absolute Gasteiger partial charge is 0.115 e. The Morgan fingerprint density at radius 3 is 2.55 bits per heavy atom. The third-order valence-corrected chi connectivity index (χ3v) is 2.63. The molecule has 0 aliphatic heterocycles. The standard InChI is InChI=1S/C16H27FN2O/c1-14(16(19)13-18)9-8-12-20-11-7-5-3-4-6-10-15(2)17/h5-7,9-10,13,15H,3-4,8,11-12,18-19H2,1-2H3/b7-5-,10-6?,14-9-,16-13+. The fourth-order valence-corrected chi connectivity index (χ4v) is 1.42. The number of allylic oxidation sites excluding steroid dienone is 4. The number of hydrogen-bond donors (Lipinski definition) is 2. The lowest BCUT2D eigenvalue weighted by atomic mass is 10.2. The number of hydrogen-bond acceptors (Lipinski definition) is 3. The van der Waals surface area contributed by atoms with Crippen molar-refractivity contribution in [3.8, 4) is 0 Å². The Kier molecular flexibility index (Phi) is 11.5. The van der Waals surface area contributed by atoms with E-state index in [1.54, 1.807) is 6.08 Å². The lowest BCUT2D eigenvalue weighted by Gasteiger charge is -2.01. The number of alkyl halides is 1. The zero-order valence-electron chi connectivity index (χ0n) is 12.5. The molecular formula is C16H27FN2O. The van der Waals surface area contributed by atoms with Gasteiger partial charge < -0.3 is 16.2 Å². The van der Waals surface area contributed by atoms with Gasteiger partial charge in [0.25, 0.3) is 0 Å². The molecule has 0 radical (unpaired) electrons. The van der Waals surface area contributed by atoms with Crippen LogP contribution < -0.4 is 11.5 Å². The van der Waals surface area contributed by atoms with Gasteiger partial charge in [-0.05, 0) is 38.7 Å². The second-order valence-corrected chi connectivity index (χ2v) is 4.53. The molecule has 0 heterocycles. The minimum Gasteiger partial charge on any atom is -0.403 e. The molecule has 0 fully saturated rings. The van der Waals surface area contributed by atoms with Crippen molar-refractivity contribution in [1.29, 1.82) is 0 Å². The summed E-state index contributed by atoms with van der Waals surface area (Å²) in [5.74, 6) is 0. The van der Waals surface area contributed by atoms with Crippen molar-refractivity contribution >= 4 is 0 Å². The van der Waals surface area contributed by atoms with Crippen molar-refractivity contribution in [1.82, 2.24) is 0 Å². The van der Waals surface area contributed by atoms with E-state index >= 15 is 0 Å². The Balaban J connectivity index is 3.53. The van der Waals surface area contributed by atoms with Crippen LogP contribution in [0.15, 0.2) is 47.9 Å². The zero-order chi connectivity index (χ0) is 15.2. The summed E-state index contributed by atoms with van der Waals surface area (Å²) in [6.07, 6.45) is 12.6. The van der Waals surface area contributed by atoms with Gasteiger partial charge in [0, 0.05) is 11.9 Å². The van der Waals surface area contributed by atoms with E-state index in [2.05, 4.69) is 0 Å². The number of halogens is 1. The molecule has 1 atom stereocenters. The summed E-state index contributed by atoms with van der Waals surface area (Å²) in [5, 5.41) is 0. The monoisotopic (exact) mass is 282 g/mol. The molecular weight excluding hydrogens is 255 g/mol. The summed E-state index contributed by atoms with van der Waals surface area (Å²) >= 11 is 0. The SMILES string of the molecule is CC(=C/CCOC/C=C\CCC=CC(C)F)/C(N)=C\N. The van der Waals surface area contributed by atoms with Crippen molar-refractivity contribution in [2.75, 3.05) is 13.2 Å². The van der Waals surface area contributed by atoms with Crippen molar-refractivity contribution in [3.05, 3.63) is 47.9 Å². The van der Waals surface area contributed by atoms with Gasteiger partial charge in [0.1, 0.15) is 6.17 Å². The zero-order valence-corrected chi connectivity index (χ0v) is 12.5. The lowest BCUT2D eigenvalue weighted by molar-refractivity contribution is 0.167. The highest BCUT2D eigenvalue weighted by molar-refractivity contribution is 5.24. The fraction of sp³-hybridized carbons (Fsp3) is 0.500. The van der Waals surface area contributed by atoms with Gasteiger partial charge in [-0.2, -0.15) is 0 Å². The molecule has 3 nitrogen and oxygen atoms in total. The van der Waals surface area contributed by atoms with E-state index in [0.29, 0.717) is 18.9 Å². The minimum atomic E-state index is -0.859. The maximum Gasteiger partial charge on any atom is 0.115 e. The molecule has 0 saturated heterocycles. The largest absolute Gasteiger partial charge is 0.403 e. The normalized spacial score (nSPS) is 15.3. The molecule has 0 aromatic rings. The molecule has 0 aromatic heterocycles. The molecule has 0 aliphatic carbocycles. The second-order valence-electron chi connectivity index (χ2n) is 4.53. The van der Waals surface area contributed by atoms with Crippen LogP contribution in [0.2, 0.25) is 0 Å². The minimum absolute atomic E-state index is 0.596. The molecule has 0 aliphatic rings. The first-order valence-corrected chi connectivity index (χ1v) is 6.96. The predicted molar refractivity (Wildman–Crippen MR) is 83.7 cm³/mol. The van der Waals surface area contributed by atoms with Crippen LogP contribution >= 0.6 is 0 Å². The summed E-state index contributed by atoms with van der Waals surface area (Å²) in [7, 11) is 0. The van der Waals surface area contributed by atoms with Crippen LogP contribution in [0.4, 0.5) is 4.39 Å². The van der Waals surface area contributed by atoms with Gasteiger partial charge in [-0.3, -0.25) is 0 Å². The van der Waals surface area contributed by atoms with Gasteiger partial charge in [-0.15, -0.1) is 0 Å². The molecule has 0 aromatic carbocycles. The topological polar surface area (TPSA) is 61.3 Å². The van der Waals surface area contributed by atoms with E-state index in [1.165, 1.54) is 13.1 Å². The first-order valence-electron chi connectivity index (χ1n) is 6.96. The predicted octanol–water partition coefficient (Wildman–Crippen LogP) is 3.35. The van der Waals surface area contributed by atoms with Crippen LogP contribution in [0.3, 0.4) is 0 Å². The van der Waals surface area contributed by atoms with Crippen molar-refractivity contribution in [3.63, 3.8) is 0 Å². The van der Waals surface area contributed by atoms with E-state index in [9.17, 15) is 4.39 Å². The average molecular weight is 282 g/mol. The van der Waals surface area contributed by atoms with Crippen molar-refractivity contribution in [2.24, 2.45) is 11.5 Å². The van der Waals surface area contributed by atoms with Gasteiger partial charge >= 0.3 is 0 Å². The van der Waals surface area contributed by atoms with Gasteiger partial charge in [0.2, 0.25) is 0 Å². The molecule has 1 unspecified atom stereocenters. The van der Waals surface area contributed by atoms with Gasteiger partial charge in [-0.1, -0.05) is 30.4 Å². The maximum absolute atomic E-state index is 12.4. The Labute approximate surface area is 121 Å². The Morgan fingerprint density at radius 2 is 1.90 bits per heavy atom. The second kappa shape index (κ2) is 12.5. The van der Waals surface area contributed by atoms with Crippen LogP contribution in [-0.4, -0.2) is 19.4 Å². The Morgan fingerprint density at radius 1 is 1.20 bits per heavy atom. The van der Waals surface area contributed by atoms with E-state index in [0.717, 1.165) is 24.8 Å². The van der Waals surface area contributed by atoms with Gasteiger partial charge in [-0.25, -0.2) is 4.39 Å². The van der Waals surface area contributed by atoms with Gasteiger partial charge in [0.15, 0.2) is 0 Å². The molecule has 114 valence electrons. The molecule has 0 rings (SSSR count). The summed E-state index contributed by atoms with van der Waals surface area (Å²) < 4.78 is 17.9. The molecule has 0 bridgehead atoms. The highest BCUT2D eigenvalue weighted by atomic mass is 19.1. The van der Waals surface area contributed by atoms with Crippen LogP contribution in [0.5, 0.6) is 0 Å². The molecule has 4 N–H and O–H groups in total. The number of rotatable bonds is 10. The third-order valence-electron chi connectivity index (χ3n) is 2.63. The van der Waals surface area contributed by atoms with Crippen LogP contribution in [0.1, 0.15) is 33.1 Å². The third kappa shape index (κ3) is 11.5. The van der Waals surface area contributed by atoms with Crippen LogP contribution in [-0.2, 0) is 4.74 Å². The highest BCUT2D eigenvalue weighted by Crippen LogP contribution is 2.02. The van der Waals surface area contributed by atoms with Gasteiger partial charge in [0.05, 0.1) is 13.2 Å². The highest BCUT2D eigenvalue weighted by Gasteiger charge is 1.91. The Bertz CT molecular complexity index is 357. The summed E-state index contributed by atoms with van der Waals surface area (Å²) in [6.45, 7) is 4.69. The summed E-state index contributed by atoms with van der Waals surface area (Å²) in [5.41, 5.74) is 12.5. The Hall–Kier alpha value is -1.55. The number of nitrogens with two attached hydrogens (primary N) is 2. The average Bonchev–Trinajstić information content (AvgIpc) is 2.43. The van der Waals surface area contributed by atoms with Crippen molar-refractivity contribution in [2.45, 2.75) is 39.3 Å². The quantitative estimate of drug-likeness (QED) is 0.367. The molecule has 4 heteroatoms. The number of unbranched alkanes of at least 4 members (excludes halogenated alkanes) is 1. The van der Waals surface area contributed by atoms with Crippen molar-refractivity contribution < 1.29 is 9.13 Å². The fourth-order valence-electron chi connectivity index (χ4n) is 1.42. The molecule has 0 amide bonds. The number of ether oxygens (including phenoxy) is 1. The van der Waals surface area contributed by atoms with E-state index in [-0.39, 0.29) is 0 Å². The molecule has 20 heavy (non-hydrogen) atoms. The maximum atomic E-state index is 12.4. The first kappa shape index (κ1) is 18.4. The molecule has 0 saturated carbocycles. The molecule has 0 spiro atoms. The van der Waals surface area contributed by atoms with E-state index in [1.807, 2.05) is 31.2 Å². The van der Waals surface area contributed by atoms with Crippen LogP contribution in [0, 0.1) is 0 Å². The lowest BCUT2D eigenvalue weighted by Crippen LogP contribution is -2.02. The van der Waals surface area contributed by atoms with E-state index in [4.69, 9.17) is 16.2 Å². The van der Waals surface area contributed by atoms with E-state index < -0.39 is 6.17 Å². The summed E-state index contributed by atoms with van der Waals surface area (Å²) in [4.78, 5) is 0. The summed E-state index contributed by atoms with van der Waals surface area (Å²) in [6, 6.07) is 0. The first-order chi connectivity index (χ1) is 9.57.